The highest BCUT2D eigenvalue weighted by atomic mass is 19.2. The fourth-order valence-corrected chi connectivity index (χ4v) is 4.76. The first-order valence-corrected chi connectivity index (χ1v) is 12.2. The average Bonchev–Trinajstić information content (AvgIpc) is 3.28. The van der Waals surface area contributed by atoms with Crippen LogP contribution in [-0.2, 0) is 23.8 Å². The quantitative estimate of drug-likeness (QED) is 0.441. The first-order valence-electron chi connectivity index (χ1n) is 12.2. The van der Waals surface area contributed by atoms with E-state index in [1.165, 1.54) is 13.8 Å². The summed E-state index contributed by atoms with van der Waals surface area (Å²) in [5, 5.41) is 21.5. The molecule has 36 heavy (non-hydrogen) atoms. The molecule has 1 aromatic heterocycles. The molecule has 0 aliphatic carbocycles. The normalized spacial score (nSPS) is 36.3. The minimum absolute atomic E-state index is 0.0154. The lowest BCUT2D eigenvalue weighted by molar-refractivity contribution is -0.156. The number of alkyl halides is 1. The Labute approximate surface area is 208 Å². The number of ether oxygens (including phenoxy) is 3. The second-order valence-electron chi connectivity index (χ2n) is 10.6. The molecule has 10 heteroatoms. The van der Waals surface area contributed by atoms with Gasteiger partial charge >= 0.3 is 5.97 Å². The zero-order chi connectivity index (χ0) is 26.4. The smallest absolute Gasteiger partial charge is 0.309 e. The van der Waals surface area contributed by atoms with Crippen LogP contribution in [0.2, 0.25) is 0 Å². The van der Waals surface area contributed by atoms with Crippen molar-refractivity contribution in [2.24, 2.45) is 17.3 Å². The number of aliphatic hydroxyl groups excluding tert-OH is 2. The monoisotopic (exact) mass is 507 g/mol. The Morgan fingerprint density at radius 1 is 1.17 bits per heavy atom. The Bertz CT molecular complexity index is 1130. The topological polar surface area (TPSA) is 132 Å². The summed E-state index contributed by atoms with van der Waals surface area (Å²) in [6.45, 7) is 7.71. The number of halogens is 1. The van der Waals surface area contributed by atoms with E-state index >= 15 is 4.39 Å². The van der Waals surface area contributed by atoms with E-state index in [4.69, 9.17) is 18.6 Å². The predicted octanol–water partition coefficient (Wildman–Crippen LogP) is 3.18. The summed E-state index contributed by atoms with van der Waals surface area (Å²) in [7, 11) is 0. The van der Waals surface area contributed by atoms with Crippen molar-refractivity contribution in [3.63, 3.8) is 0 Å². The standard InChI is InChI=1S/C26H34FNO8/c1-13-11-33-12-26(27)21(36-26)9-19(16-6-7-18-17(8-16)28-15(3)34-18)35-22(30)10-20(29)25(4,5)24(32)14(2)23(13)31/h6-8,13-14,19-21,23,29,31H,9-12H2,1-5H3/t13-,14+,19-,20-,21?,23-,26?/m0/s1. The Morgan fingerprint density at radius 2 is 1.89 bits per heavy atom. The largest absolute Gasteiger partial charge is 0.457 e. The molecule has 4 rings (SSSR count). The zero-order valence-corrected chi connectivity index (χ0v) is 21.2. The molecular formula is C26H34FNO8. The van der Waals surface area contributed by atoms with Gasteiger partial charge in [0.2, 0.25) is 0 Å². The van der Waals surface area contributed by atoms with Crippen molar-refractivity contribution in [3.8, 4) is 0 Å². The van der Waals surface area contributed by atoms with Crippen molar-refractivity contribution in [1.29, 1.82) is 0 Å². The molecule has 7 atom stereocenters. The van der Waals surface area contributed by atoms with Gasteiger partial charge in [0.1, 0.15) is 30.1 Å². The minimum atomic E-state index is -2.05. The summed E-state index contributed by atoms with van der Waals surface area (Å²) in [6, 6.07) is 5.11. The summed E-state index contributed by atoms with van der Waals surface area (Å²) in [4.78, 5) is 30.3. The third-order valence-corrected chi connectivity index (χ3v) is 7.37. The Hall–Kier alpha value is -2.40. The maximum absolute atomic E-state index is 15.2. The number of nitrogens with zero attached hydrogens (tertiary/aromatic N) is 1. The van der Waals surface area contributed by atoms with Crippen LogP contribution >= 0.6 is 0 Å². The fourth-order valence-electron chi connectivity index (χ4n) is 4.76. The number of aromatic nitrogens is 1. The third kappa shape index (κ3) is 5.32. The van der Waals surface area contributed by atoms with E-state index in [2.05, 4.69) is 4.98 Å². The number of cyclic esters (lactones) is 1. The van der Waals surface area contributed by atoms with Crippen molar-refractivity contribution in [2.45, 2.75) is 77.7 Å². The third-order valence-electron chi connectivity index (χ3n) is 7.37. The summed E-state index contributed by atoms with van der Waals surface area (Å²) in [5.41, 5.74) is 0.373. The Kier molecular flexibility index (Phi) is 7.27. The molecule has 0 radical (unpaired) electrons. The number of hydrogen-bond acceptors (Lipinski definition) is 9. The summed E-state index contributed by atoms with van der Waals surface area (Å²) < 4.78 is 37.1. The lowest BCUT2D eigenvalue weighted by Gasteiger charge is -2.34. The van der Waals surface area contributed by atoms with E-state index in [1.807, 2.05) is 0 Å². The summed E-state index contributed by atoms with van der Waals surface area (Å²) in [5.74, 6) is -4.03. The number of Topliss-reactive ketones (excluding diaryl/α,β-unsaturated/α-hetero) is 1. The molecule has 2 aliphatic rings. The molecule has 0 bridgehead atoms. The van der Waals surface area contributed by atoms with Crippen molar-refractivity contribution >= 4 is 22.9 Å². The highest BCUT2D eigenvalue weighted by molar-refractivity contribution is 5.88. The van der Waals surface area contributed by atoms with Gasteiger partial charge in [-0.2, -0.15) is 0 Å². The number of epoxide rings is 1. The molecule has 2 unspecified atom stereocenters. The molecule has 3 heterocycles. The van der Waals surface area contributed by atoms with Gasteiger partial charge in [-0.05, 0) is 17.7 Å². The van der Waals surface area contributed by atoms with Crippen LogP contribution in [-0.4, -0.2) is 64.3 Å². The molecule has 2 saturated heterocycles. The molecular weight excluding hydrogens is 473 g/mol. The number of oxazole rings is 1. The molecule has 1 aromatic carbocycles. The number of carbonyl (C=O) groups excluding carboxylic acids is 2. The lowest BCUT2D eigenvalue weighted by atomic mass is 9.73. The molecule has 0 amide bonds. The number of ketones is 1. The van der Waals surface area contributed by atoms with Gasteiger partial charge in [-0.3, -0.25) is 9.59 Å². The maximum Gasteiger partial charge on any atom is 0.309 e. The van der Waals surface area contributed by atoms with Gasteiger partial charge in [-0.15, -0.1) is 0 Å². The SMILES string of the molecule is Cc1nc2cc([C@@H]3CC4OC4(F)COC[C@H](C)[C@H](O)[C@@H](C)C(=O)C(C)(C)[C@@H](O)CC(=O)O3)ccc2o1. The van der Waals surface area contributed by atoms with Crippen LogP contribution in [0, 0.1) is 24.2 Å². The van der Waals surface area contributed by atoms with Gasteiger partial charge in [0, 0.05) is 25.2 Å². The van der Waals surface area contributed by atoms with Crippen LogP contribution in [0.5, 0.6) is 0 Å². The predicted molar refractivity (Wildman–Crippen MR) is 125 cm³/mol. The maximum atomic E-state index is 15.2. The van der Waals surface area contributed by atoms with Crippen molar-refractivity contribution in [2.75, 3.05) is 13.2 Å². The van der Waals surface area contributed by atoms with Crippen molar-refractivity contribution < 1.29 is 42.8 Å². The number of aliphatic hydroxyl groups is 2. The van der Waals surface area contributed by atoms with E-state index in [0.29, 0.717) is 22.6 Å². The number of hydrogen-bond donors (Lipinski definition) is 2. The van der Waals surface area contributed by atoms with E-state index in [1.54, 1.807) is 39.0 Å². The number of benzene rings is 1. The number of esters is 1. The van der Waals surface area contributed by atoms with Crippen LogP contribution in [0.15, 0.2) is 22.6 Å². The number of rotatable bonds is 1. The minimum Gasteiger partial charge on any atom is -0.457 e. The molecule has 2 aromatic rings. The van der Waals surface area contributed by atoms with Crippen molar-refractivity contribution in [1.82, 2.24) is 4.98 Å². The van der Waals surface area contributed by atoms with Crippen LogP contribution in [0.4, 0.5) is 4.39 Å². The van der Waals surface area contributed by atoms with Crippen molar-refractivity contribution in [3.05, 3.63) is 29.7 Å². The van der Waals surface area contributed by atoms with Gasteiger partial charge in [-0.25, -0.2) is 9.37 Å². The first-order chi connectivity index (χ1) is 16.8. The molecule has 2 N–H and O–H groups in total. The number of fused-ring (bicyclic) bond motifs is 2. The van der Waals surface area contributed by atoms with Crippen LogP contribution < -0.4 is 0 Å². The highest BCUT2D eigenvalue weighted by Gasteiger charge is 2.59. The zero-order valence-electron chi connectivity index (χ0n) is 21.2. The van der Waals surface area contributed by atoms with E-state index in [0.717, 1.165) is 0 Å². The summed E-state index contributed by atoms with van der Waals surface area (Å²) >= 11 is 0. The molecule has 0 saturated carbocycles. The number of aryl methyl sites for hydroxylation is 1. The van der Waals surface area contributed by atoms with Gasteiger partial charge in [-0.1, -0.05) is 33.8 Å². The van der Waals surface area contributed by atoms with E-state index < -0.39 is 65.7 Å². The van der Waals surface area contributed by atoms with Crippen LogP contribution in [0.1, 0.15) is 58.1 Å². The average molecular weight is 508 g/mol. The van der Waals surface area contributed by atoms with Gasteiger partial charge in [0.25, 0.3) is 5.85 Å². The second kappa shape index (κ2) is 9.81. The van der Waals surface area contributed by atoms with Crippen LogP contribution in [0.25, 0.3) is 11.1 Å². The van der Waals surface area contributed by atoms with Crippen LogP contribution in [0.3, 0.4) is 0 Å². The fraction of sp³-hybridized carbons (Fsp3) is 0.654. The van der Waals surface area contributed by atoms with Gasteiger partial charge in [0.15, 0.2) is 11.5 Å². The Morgan fingerprint density at radius 3 is 2.61 bits per heavy atom. The lowest BCUT2D eigenvalue weighted by Crippen LogP contribution is -2.46. The molecule has 9 nitrogen and oxygen atoms in total. The van der Waals surface area contributed by atoms with Gasteiger partial charge < -0.3 is 28.8 Å². The number of carbonyl (C=O) groups is 2. The highest BCUT2D eigenvalue weighted by Crippen LogP contribution is 2.45. The Balaban J connectivity index is 1.61. The second-order valence-corrected chi connectivity index (χ2v) is 10.6. The van der Waals surface area contributed by atoms with Gasteiger partial charge in [0.05, 0.1) is 30.7 Å². The summed E-state index contributed by atoms with van der Waals surface area (Å²) in [6.07, 6.45) is -4.63. The molecule has 0 spiro atoms. The first kappa shape index (κ1) is 26.7. The van der Waals surface area contributed by atoms with E-state index in [9.17, 15) is 19.8 Å². The van der Waals surface area contributed by atoms with E-state index in [-0.39, 0.29) is 19.6 Å². The molecule has 2 fully saturated rings. The molecule has 2 aliphatic heterocycles. The molecule has 198 valence electrons.